The molecular formula is C15H24N6O2. The fourth-order valence-electron chi connectivity index (χ4n) is 3.02. The van der Waals surface area contributed by atoms with E-state index in [-0.39, 0.29) is 11.9 Å². The average molecular weight is 320 g/mol. The van der Waals surface area contributed by atoms with Crippen LogP contribution in [0.1, 0.15) is 5.82 Å². The average Bonchev–Trinajstić information content (AvgIpc) is 2.52. The van der Waals surface area contributed by atoms with E-state index in [0.717, 1.165) is 30.4 Å². The van der Waals surface area contributed by atoms with E-state index in [1.165, 1.54) is 0 Å². The Morgan fingerprint density at radius 2 is 2.17 bits per heavy atom. The molecule has 0 unspecified atom stereocenters. The Balaban J connectivity index is 1.75. The maximum Gasteiger partial charge on any atom is 0.250 e. The summed E-state index contributed by atoms with van der Waals surface area (Å²) in [6.07, 6.45) is 1.73. The molecule has 1 atom stereocenters. The lowest BCUT2D eigenvalue weighted by molar-refractivity contribution is -0.121. The van der Waals surface area contributed by atoms with Crippen molar-refractivity contribution in [3.63, 3.8) is 0 Å². The van der Waals surface area contributed by atoms with Gasteiger partial charge in [0.15, 0.2) is 5.82 Å². The van der Waals surface area contributed by atoms with E-state index in [1.54, 1.807) is 18.1 Å². The van der Waals surface area contributed by atoms with E-state index in [4.69, 9.17) is 4.74 Å². The minimum Gasteiger partial charge on any atom is -0.351 e. The number of carbonyl (C=O) groups is 1. The number of rotatable bonds is 4. The lowest BCUT2D eigenvalue weighted by atomic mass is 10.1. The van der Waals surface area contributed by atoms with Crippen LogP contribution in [0.15, 0.2) is 6.20 Å². The van der Waals surface area contributed by atoms with Crippen molar-refractivity contribution in [2.24, 2.45) is 0 Å². The fourth-order valence-corrected chi connectivity index (χ4v) is 3.02. The van der Waals surface area contributed by atoms with Crippen LogP contribution in [0.5, 0.6) is 0 Å². The number of fused-ring (bicyclic) bond motifs is 3. The highest BCUT2D eigenvalue weighted by atomic mass is 16.5. The van der Waals surface area contributed by atoms with Crippen LogP contribution in [0.4, 0.5) is 11.5 Å². The second-order valence-electron chi connectivity index (χ2n) is 6.35. The molecule has 1 aromatic rings. The predicted molar refractivity (Wildman–Crippen MR) is 87.4 cm³/mol. The number of aromatic nitrogens is 2. The molecule has 1 fully saturated rings. The summed E-state index contributed by atoms with van der Waals surface area (Å²) in [5.41, 5.74) is 0.786. The van der Waals surface area contributed by atoms with E-state index < -0.39 is 0 Å². The highest BCUT2D eigenvalue weighted by molar-refractivity contribution is 6.04. The van der Waals surface area contributed by atoms with Gasteiger partial charge >= 0.3 is 0 Å². The first-order chi connectivity index (χ1) is 11.0. The van der Waals surface area contributed by atoms with Gasteiger partial charge < -0.3 is 14.5 Å². The maximum atomic E-state index is 12.7. The first-order valence-electron chi connectivity index (χ1n) is 7.80. The van der Waals surface area contributed by atoms with Crippen molar-refractivity contribution >= 4 is 17.4 Å². The number of likely N-dealkylation sites (N-methyl/N-ethyl adjacent to an activating group) is 1. The van der Waals surface area contributed by atoms with Crippen molar-refractivity contribution in [2.75, 3.05) is 64.0 Å². The third kappa shape index (κ3) is 3.15. The molecule has 0 bridgehead atoms. The summed E-state index contributed by atoms with van der Waals surface area (Å²) in [6.45, 7) is 5.25. The van der Waals surface area contributed by atoms with Gasteiger partial charge in [-0.1, -0.05) is 0 Å². The SMILES string of the molecule is Cc1ncc2c(n1)N1CCN(COCN(C)C)C[C@@H]1C(=O)N2C. The zero-order valence-corrected chi connectivity index (χ0v) is 14.2. The van der Waals surface area contributed by atoms with Crippen molar-refractivity contribution in [3.05, 3.63) is 12.0 Å². The lowest BCUT2D eigenvalue weighted by Crippen LogP contribution is -2.62. The van der Waals surface area contributed by atoms with Crippen LogP contribution >= 0.6 is 0 Å². The third-order valence-corrected chi connectivity index (χ3v) is 4.21. The van der Waals surface area contributed by atoms with Gasteiger partial charge in [-0.25, -0.2) is 9.97 Å². The van der Waals surface area contributed by atoms with E-state index in [1.807, 2.05) is 25.9 Å². The molecule has 0 saturated carbocycles. The Kier molecular flexibility index (Phi) is 4.47. The van der Waals surface area contributed by atoms with Gasteiger partial charge in [0.1, 0.15) is 31.0 Å². The number of ether oxygens (including phenoxy) is 1. The van der Waals surface area contributed by atoms with Gasteiger partial charge in [0.05, 0.1) is 6.20 Å². The number of anilines is 2. The van der Waals surface area contributed by atoms with Crippen molar-refractivity contribution in [1.82, 2.24) is 19.8 Å². The summed E-state index contributed by atoms with van der Waals surface area (Å²) in [6, 6.07) is -0.210. The number of nitrogens with zero attached hydrogens (tertiary/aromatic N) is 6. The molecule has 2 aliphatic heterocycles. The highest BCUT2D eigenvalue weighted by Gasteiger charge is 2.41. The molecular weight excluding hydrogens is 296 g/mol. The molecule has 8 heteroatoms. The minimum atomic E-state index is -0.210. The second kappa shape index (κ2) is 6.38. The first-order valence-corrected chi connectivity index (χ1v) is 7.80. The first kappa shape index (κ1) is 16.1. The predicted octanol–water partition coefficient (Wildman–Crippen LogP) is -0.255. The highest BCUT2D eigenvalue weighted by Crippen LogP contribution is 2.34. The van der Waals surface area contributed by atoms with Crippen LogP contribution in [-0.4, -0.2) is 86.0 Å². The summed E-state index contributed by atoms with van der Waals surface area (Å²) in [5.74, 6) is 1.67. The van der Waals surface area contributed by atoms with Crippen LogP contribution in [0.2, 0.25) is 0 Å². The van der Waals surface area contributed by atoms with Gasteiger partial charge in [0, 0.05) is 26.7 Å². The number of amides is 1. The standard InChI is InChI=1S/C15H24N6O2/c1-11-16-7-12-14(17-11)21-6-5-20(10-23-9-18(2)3)8-13(21)15(22)19(12)4/h7,13H,5-6,8-10H2,1-4H3/t13-/m1/s1. The third-order valence-electron chi connectivity index (χ3n) is 4.21. The zero-order chi connectivity index (χ0) is 16.6. The minimum absolute atomic E-state index is 0.0854. The molecule has 0 radical (unpaired) electrons. The Hall–Kier alpha value is -1.77. The molecule has 0 spiro atoms. The topological polar surface area (TPSA) is 65.0 Å². The Morgan fingerprint density at radius 3 is 2.91 bits per heavy atom. The quantitative estimate of drug-likeness (QED) is 0.709. The number of hydrogen-bond acceptors (Lipinski definition) is 7. The summed E-state index contributed by atoms with van der Waals surface area (Å²) in [4.78, 5) is 29.4. The molecule has 8 nitrogen and oxygen atoms in total. The molecule has 0 aromatic carbocycles. The van der Waals surface area contributed by atoms with Crippen LogP contribution in [0.25, 0.3) is 0 Å². The molecule has 2 aliphatic rings. The lowest BCUT2D eigenvalue weighted by Gasteiger charge is -2.46. The van der Waals surface area contributed by atoms with Crippen molar-refractivity contribution in [1.29, 1.82) is 0 Å². The maximum absolute atomic E-state index is 12.7. The van der Waals surface area contributed by atoms with Crippen LogP contribution in [-0.2, 0) is 9.53 Å². The summed E-state index contributed by atoms with van der Waals surface area (Å²) < 4.78 is 5.65. The van der Waals surface area contributed by atoms with Gasteiger partial charge in [0.25, 0.3) is 5.91 Å². The van der Waals surface area contributed by atoms with E-state index in [9.17, 15) is 4.79 Å². The molecule has 3 heterocycles. The summed E-state index contributed by atoms with van der Waals surface area (Å²) >= 11 is 0. The fraction of sp³-hybridized carbons (Fsp3) is 0.667. The van der Waals surface area contributed by atoms with Crippen molar-refractivity contribution in [3.8, 4) is 0 Å². The van der Waals surface area contributed by atoms with Gasteiger partial charge in [-0.2, -0.15) is 0 Å². The molecule has 1 saturated heterocycles. The summed E-state index contributed by atoms with van der Waals surface area (Å²) in [5, 5.41) is 0. The Morgan fingerprint density at radius 1 is 1.39 bits per heavy atom. The molecule has 3 rings (SSSR count). The van der Waals surface area contributed by atoms with E-state index in [0.29, 0.717) is 20.0 Å². The van der Waals surface area contributed by atoms with Gasteiger partial charge in [0.2, 0.25) is 0 Å². The molecule has 0 aliphatic carbocycles. The van der Waals surface area contributed by atoms with Crippen molar-refractivity contribution in [2.45, 2.75) is 13.0 Å². The monoisotopic (exact) mass is 320 g/mol. The molecule has 0 N–H and O–H groups in total. The smallest absolute Gasteiger partial charge is 0.250 e. The zero-order valence-electron chi connectivity index (χ0n) is 14.2. The number of carbonyl (C=O) groups excluding carboxylic acids is 1. The molecule has 23 heavy (non-hydrogen) atoms. The molecule has 1 amide bonds. The van der Waals surface area contributed by atoms with Crippen LogP contribution < -0.4 is 9.80 Å². The van der Waals surface area contributed by atoms with Gasteiger partial charge in [-0.15, -0.1) is 0 Å². The van der Waals surface area contributed by atoms with E-state index >= 15 is 0 Å². The van der Waals surface area contributed by atoms with E-state index in [2.05, 4.69) is 19.8 Å². The number of hydrogen-bond donors (Lipinski definition) is 0. The Labute approximate surface area is 136 Å². The number of aryl methyl sites for hydroxylation is 1. The van der Waals surface area contributed by atoms with Crippen LogP contribution in [0, 0.1) is 6.92 Å². The molecule has 1 aromatic heterocycles. The van der Waals surface area contributed by atoms with Gasteiger partial charge in [-0.05, 0) is 21.0 Å². The van der Waals surface area contributed by atoms with Gasteiger partial charge in [-0.3, -0.25) is 14.6 Å². The van der Waals surface area contributed by atoms with Crippen molar-refractivity contribution < 1.29 is 9.53 Å². The molecule has 126 valence electrons. The summed E-state index contributed by atoms with van der Waals surface area (Å²) in [7, 11) is 5.73. The van der Waals surface area contributed by atoms with Crippen LogP contribution in [0.3, 0.4) is 0 Å². The second-order valence-corrected chi connectivity index (χ2v) is 6.35. The number of piperazine rings is 1. The largest absolute Gasteiger partial charge is 0.351 e. The Bertz CT molecular complexity index is 593. The normalized spacial score (nSPS) is 21.6.